The van der Waals surface area contributed by atoms with Crippen molar-refractivity contribution in [2.75, 3.05) is 0 Å². The summed E-state index contributed by atoms with van der Waals surface area (Å²) >= 11 is 0. The predicted molar refractivity (Wildman–Crippen MR) is 78.0 cm³/mol. The van der Waals surface area contributed by atoms with E-state index in [2.05, 4.69) is 55.0 Å². The Labute approximate surface area is 109 Å². The van der Waals surface area contributed by atoms with Gasteiger partial charge in [0.15, 0.2) is 0 Å². The third-order valence-corrected chi connectivity index (χ3v) is 4.67. The SMILES string of the molecule is C=C(C)CC(C)C1C(C)(C)CC(C)CC1(C)C. The molecule has 0 heterocycles. The monoisotopic (exact) mass is 236 g/mol. The third kappa shape index (κ3) is 3.36. The molecule has 0 radical (unpaired) electrons. The summed E-state index contributed by atoms with van der Waals surface area (Å²) in [5.41, 5.74) is 2.27. The first-order valence-electron chi connectivity index (χ1n) is 7.20. The Morgan fingerprint density at radius 2 is 1.59 bits per heavy atom. The highest BCUT2D eigenvalue weighted by Crippen LogP contribution is 2.56. The standard InChI is InChI=1S/C17H32/c1-12(2)9-14(4)15-16(5,6)10-13(3)11-17(15,7)8/h13-15H,1,9-11H2,2-8H3. The van der Waals surface area contributed by atoms with Gasteiger partial charge in [0, 0.05) is 0 Å². The van der Waals surface area contributed by atoms with Crippen LogP contribution in [0.1, 0.15) is 67.7 Å². The summed E-state index contributed by atoms with van der Waals surface area (Å²) < 4.78 is 0. The van der Waals surface area contributed by atoms with Crippen LogP contribution in [-0.2, 0) is 0 Å². The lowest BCUT2D eigenvalue weighted by Gasteiger charge is -2.54. The highest BCUT2D eigenvalue weighted by Gasteiger charge is 2.48. The zero-order chi connectivity index (χ0) is 13.4. The molecule has 0 amide bonds. The van der Waals surface area contributed by atoms with E-state index in [1.165, 1.54) is 24.8 Å². The molecule has 1 atom stereocenters. The molecule has 0 aromatic carbocycles. The van der Waals surface area contributed by atoms with Crippen molar-refractivity contribution in [3.05, 3.63) is 12.2 Å². The van der Waals surface area contributed by atoms with Crippen molar-refractivity contribution in [3.8, 4) is 0 Å². The lowest BCUT2D eigenvalue weighted by Crippen LogP contribution is -2.46. The van der Waals surface area contributed by atoms with Gasteiger partial charge in [0.25, 0.3) is 0 Å². The van der Waals surface area contributed by atoms with Crippen LogP contribution in [0.3, 0.4) is 0 Å². The molecule has 1 unspecified atom stereocenters. The molecule has 0 aromatic rings. The fourth-order valence-corrected chi connectivity index (χ4v) is 5.39. The molecule has 1 aliphatic carbocycles. The molecule has 0 bridgehead atoms. The molecule has 1 saturated carbocycles. The van der Waals surface area contributed by atoms with Crippen molar-refractivity contribution in [3.63, 3.8) is 0 Å². The average Bonchev–Trinajstić information content (AvgIpc) is 1.93. The minimum atomic E-state index is 0.468. The lowest BCUT2D eigenvalue weighted by atomic mass is 9.51. The quantitative estimate of drug-likeness (QED) is 0.552. The van der Waals surface area contributed by atoms with E-state index in [4.69, 9.17) is 0 Å². The Bertz CT molecular complexity index is 264. The van der Waals surface area contributed by atoms with Gasteiger partial charge in [-0.15, -0.1) is 6.58 Å². The van der Waals surface area contributed by atoms with Crippen LogP contribution < -0.4 is 0 Å². The van der Waals surface area contributed by atoms with Crippen molar-refractivity contribution in [1.82, 2.24) is 0 Å². The third-order valence-electron chi connectivity index (χ3n) is 4.67. The van der Waals surface area contributed by atoms with Crippen LogP contribution >= 0.6 is 0 Å². The molecule has 100 valence electrons. The number of hydrogen-bond acceptors (Lipinski definition) is 0. The van der Waals surface area contributed by atoms with Crippen LogP contribution in [0.4, 0.5) is 0 Å². The van der Waals surface area contributed by atoms with E-state index in [0.717, 1.165) is 17.8 Å². The molecule has 0 saturated heterocycles. The van der Waals surface area contributed by atoms with Gasteiger partial charge in [-0.1, -0.05) is 47.1 Å². The molecule has 1 rings (SSSR count). The van der Waals surface area contributed by atoms with E-state index >= 15 is 0 Å². The highest BCUT2D eigenvalue weighted by atomic mass is 14.5. The van der Waals surface area contributed by atoms with Crippen LogP contribution in [0.5, 0.6) is 0 Å². The molecule has 0 heteroatoms. The second-order valence-electron chi connectivity index (χ2n) is 8.11. The topological polar surface area (TPSA) is 0 Å². The van der Waals surface area contributed by atoms with Crippen molar-refractivity contribution in [1.29, 1.82) is 0 Å². The summed E-state index contributed by atoms with van der Waals surface area (Å²) in [5.74, 6) is 2.43. The molecule has 0 N–H and O–H groups in total. The Kier molecular flexibility index (Phi) is 4.16. The maximum atomic E-state index is 4.10. The summed E-state index contributed by atoms with van der Waals surface area (Å²) in [7, 11) is 0. The molecule has 17 heavy (non-hydrogen) atoms. The Hall–Kier alpha value is -0.260. The summed E-state index contributed by atoms with van der Waals surface area (Å²) in [6, 6.07) is 0. The zero-order valence-electron chi connectivity index (χ0n) is 13.1. The largest absolute Gasteiger partial charge is 0.100 e. The molecule has 0 spiro atoms. The second-order valence-corrected chi connectivity index (χ2v) is 8.11. The van der Waals surface area contributed by atoms with E-state index in [1.807, 2.05) is 0 Å². The van der Waals surface area contributed by atoms with Gasteiger partial charge in [0.05, 0.1) is 0 Å². The Morgan fingerprint density at radius 1 is 1.18 bits per heavy atom. The second kappa shape index (κ2) is 4.78. The van der Waals surface area contributed by atoms with Gasteiger partial charge in [0.1, 0.15) is 0 Å². The van der Waals surface area contributed by atoms with Gasteiger partial charge in [-0.05, 0) is 54.8 Å². The van der Waals surface area contributed by atoms with Crippen LogP contribution in [0.25, 0.3) is 0 Å². The molecule has 1 aliphatic rings. The smallest absolute Gasteiger partial charge is 0.0282 e. The molecular weight excluding hydrogens is 204 g/mol. The highest BCUT2D eigenvalue weighted by molar-refractivity contribution is 5.01. The van der Waals surface area contributed by atoms with E-state index < -0.39 is 0 Å². The van der Waals surface area contributed by atoms with Crippen LogP contribution in [0, 0.1) is 28.6 Å². The average molecular weight is 236 g/mol. The normalized spacial score (nSPS) is 33.1. The first-order valence-corrected chi connectivity index (χ1v) is 7.20. The fourth-order valence-electron chi connectivity index (χ4n) is 5.39. The Balaban J connectivity index is 2.95. The van der Waals surface area contributed by atoms with Gasteiger partial charge >= 0.3 is 0 Å². The minimum absolute atomic E-state index is 0.468. The summed E-state index contributed by atoms with van der Waals surface area (Å²) in [6.07, 6.45) is 3.94. The van der Waals surface area contributed by atoms with Gasteiger partial charge in [-0.2, -0.15) is 0 Å². The summed E-state index contributed by atoms with van der Waals surface area (Å²) in [4.78, 5) is 0. The van der Waals surface area contributed by atoms with Gasteiger partial charge in [-0.3, -0.25) is 0 Å². The minimum Gasteiger partial charge on any atom is -0.100 e. The maximum absolute atomic E-state index is 4.10. The van der Waals surface area contributed by atoms with E-state index in [0.29, 0.717) is 10.8 Å². The van der Waals surface area contributed by atoms with Gasteiger partial charge in [-0.25, -0.2) is 0 Å². The maximum Gasteiger partial charge on any atom is -0.0282 e. The first-order chi connectivity index (χ1) is 7.56. The van der Waals surface area contributed by atoms with Crippen molar-refractivity contribution in [2.45, 2.75) is 67.7 Å². The van der Waals surface area contributed by atoms with Crippen molar-refractivity contribution < 1.29 is 0 Å². The molecular formula is C17H32. The van der Waals surface area contributed by atoms with Crippen LogP contribution in [-0.4, -0.2) is 0 Å². The molecule has 1 fully saturated rings. The fraction of sp³-hybridized carbons (Fsp3) is 0.882. The number of hydrogen-bond donors (Lipinski definition) is 0. The van der Waals surface area contributed by atoms with Crippen molar-refractivity contribution >= 4 is 0 Å². The predicted octanol–water partition coefficient (Wildman–Crippen LogP) is 5.69. The van der Waals surface area contributed by atoms with E-state index in [1.54, 1.807) is 0 Å². The molecule has 0 aliphatic heterocycles. The summed E-state index contributed by atoms with van der Waals surface area (Å²) in [5, 5.41) is 0. The van der Waals surface area contributed by atoms with Crippen molar-refractivity contribution in [2.24, 2.45) is 28.6 Å². The van der Waals surface area contributed by atoms with Crippen LogP contribution in [0.2, 0.25) is 0 Å². The number of allylic oxidation sites excluding steroid dienone is 1. The first kappa shape index (κ1) is 14.8. The Morgan fingerprint density at radius 3 is 1.94 bits per heavy atom. The zero-order valence-corrected chi connectivity index (χ0v) is 13.1. The van der Waals surface area contributed by atoms with E-state index in [-0.39, 0.29) is 0 Å². The molecule has 0 aromatic heterocycles. The van der Waals surface area contributed by atoms with E-state index in [9.17, 15) is 0 Å². The summed E-state index contributed by atoms with van der Waals surface area (Å²) in [6.45, 7) is 21.0. The van der Waals surface area contributed by atoms with Crippen LogP contribution in [0.15, 0.2) is 12.2 Å². The van der Waals surface area contributed by atoms with Gasteiger partial charge < -0.3 is 0 Å². The lowest BCUT2D eigenvalue weighted by molar-refractivity contribution is -0.0460. The van der Waals surface area contributed by atoms with Gasteiger partial charge in [0.2, 0.25) is 0 Å². The number of rotatable bonds is 3. The molecule has 0 nitrogen and oxygen atoms in total.